The highest BCUT2D eigenvalue weighted by Crippen LogP contribution is 2.24. The Kier molecular flexibility index (Phi) is 4.56. The maximum absolute atomic E-state index is 6.11. The molecule has 6 nitrogen and oxygen atoms in total. The van der Waals surface area contributed by atoms with E-state index < -0.39 is 0 Å². The molecule has 0 bridgehead atoms. The number of halogens is 1. The fourth-order valence-electron chi connectivity index (χ4n) is 2.79. The number of nitrogens with zero attached hydrogens (tertiary/aromatic N) is 5. The van der Waals surface area contributed by atoms with E-state index in [0.717, 1.165) is 22.5 Å². The van der Waals surface area contributed by atoms with Crippen LogP contribution in [0.3, 0.4) is 0 Å². The second kappa shape index (κ2) is 7.17. The summed E-state index contributed by atoms with van der Waals surface area (Å²) in [5.74, 6) is 1.09. The van der Waals surface area contributed by atoms with Crippen molar-refractivity contribution in [3.05, 3.63) is 76.6 Å². The Hall–Kier alpha value is -3.25. The maximum Gasteiger partial charge on any atom is 0.199 e. The van der Waals surface area contributed by atoms with Crippen molar-refractivity contribution in [3.63, 3.8) is 0 Å². The van der Waals surface area contributed by atoms with E-state index in [-0.39, 0.29) is 0 Å². The van der Waals surface area contributed by atoms with Crippen LogP contribution in [0.2, 0.25) is 5.02 Å². The molecule has 0 spiro atoms. The molecule has 0 radical (unpaired) electrons. The van der Waals surface area contributed by atoms with Gasteiger partial charge in [0.1, 0.15) is 0 Å². The van der Waals surface area contributed by atoms with Crippen molar-refractivity contribution in [1.82, 2.24) is 19.7 Å². The standard InChI is InChI=1S/C20H17ClN6/c1-13-10-14(2)27(26-13)20-19(25-22-12-15-6-4-3-5-7-15)23-18-11-16(21)8-9-17(18)24-20/h3-12H,1-2H3,(H,23,25)/b22-12+. The first-order valence-corrected chi connectivity index (χ1v) is 8.83. The molecule has 134 valence electrons. The number of aryl methyl sites for hydroxylation is 2. The van der Waals surface area contributed by atoms with Gasteiger partial charge in [0.05, 0.1) is 22.9 Å². The van der Waals surface area contributed by atoms with Crippen LogP contribution in [-0.4, -0.2) is 26.0 Å². The van der Waals surface area contributed by atoms with Crippen molar-refractivity contribution in [3.8, 4) is 5.82 Å². The van der Waals surface area contributed by atoms with Crippen LogP contribution in [0.4, 0.5) is 5.82 Å². The smallest absolute Gasteiger partial charge is 0.199 e. The number of benzene rings is 2. The number of aromatic nitrogens is 4. The van der Waals surface area contributed by atoms with Gasteiger partial charge >= 0.3 is 0 Å². The average molecular weight is 377 g/mol. The van der Waals surface area contributed by atoms with Crippen LogP contribution >= 0.6 is 11.6 Å². The SMILES string of the molecule is Cc1cc(C)n(-c2nc3ccc(Cl)cc3nc2N/N=C/c2ccccc2)n1. The largest absolute Gasteiger partial charge is 0.258 e. The average Bonchev–Trinajstić information content (AvgIpc) is 3.00. The maximum atomic E-state index is 6.11. The molecule has 0 fully saturated rings. The summed E-state index contributed by atoms with van der Waals surface area (Å²) in [4.78, 5) is 9.39. The molecule has 27 heavy (non-hydrogen) atoms. The zero-order valence-corrected chi connectivity index (χ0v) is 15.6. The Balaban J connectivity index is 1.79. The molecular weight excluding hydrogens is 360 g/mol. The summed E-state index contributed by atoms with van der Waals surface area (Å²) in [5, 5.41) is 9.45. The molecule has 0 unspecified atom stereocenters. The number of nitrogens with one attached hydrogen (secondary N) is 1. The summed E-state index contributed by atoms with van der Waals surface area (Å²) < 4.78 is 1.76. The lowest BCUT2D eigenvalue weighted by molar-refractivity contribution is 0.806. The summed E-state index contributed by atoms with van der Waals surface area (Å²) in [6, 6.07) is 17.2. The van der Waals surface area contributed by atoms with Crippen molar-refractivity contribution in [2.24, 2.45) is 5.10 Å². The van der Waals surface area contributed by atoms with E-state index in [9.17, 15) is 0 Å². The highest BCUT2D eigenvalue weighted by Gasteiger charge is 2.14. The third-order valence-electron chi connectivity index (χ3n) is 4.00. The summed E-state index contributed by atoms with van der Waals surface area (Å²) in [6.45, 7) is 3.92. The second-order valence-electron chi connectivity index (χ2n) is 6.15. The van der Waals surface area contributed by atoms with Crippen LogP contribution in [-0.2, 0) is 0 Å². The summed E-state index contributed by atoms with van der Waals surface area (Å²) in [5.41, 5.74) is 7.27. The minimum Gasteiger partial charge on any atom is -0.258 e. The van der Waals surface area contributed by atoms with Crippen LogP contribution in [0.5, 0.6) is 0 Å². The molecule has 0 atom stereocenters. The van der Waals surface area contributed by atoms with Crippen LogP contribution in [0.15, 0.2) is 59.7 Å². The number of fused-ring (bicyclic) bond motifs is 1. The van der Waals surface area contributed by atoms with Gasteiger partial charge in [-0.2, -0.15) is 10.2 Å². The van der Waals surface area contributed by atoms with E-state index >= 15 is 0 Å². The Morgan fingerprint density at radius 1 is 1.00 bits per heavy atom. The van der Waals surface area contributed by atoms with Gasteiger partial charge in [-0.05, 0) is 43.7 Å². The first-order valence-electron chi connectivity index (χ1n) is 8.45. The zero-order valence-electron chi connectivity index (χ0n) is 14.9. The lowest BCUT2D eigenvalue weighted by Gasteiger charge is -2.10. The van der Waals surface area contributed by atoms with Gasteiger partial charge in [0.15, 0.2) is 11.6 Å². The Morgan fingerprint density at radius 2 is 1.81 bits per heavy atom. The second-order valence-corrected chi connectivity index (χ2v) is 6.58. The molecule has 0 aliphatic carbocycles. The van der Waals surface area contributed by atoms with Crippen molar-refractivity contribution >= 4 is 34.7 Å². The first-order chi connectivity index (χ1) is 13.1. The van der Waals surface area contributed by atoms with Gasteiger partial charge in [-0.3, -0.25) is 5.43 Å². The van der Waals surface area contributed by atoms with Crippen molar-refractivity contribution in [1.29, 1.82) is 0 Å². The van der Waals surface area contributed by atoms with Crippen LogP contribution < -0.4 is 5.43 Å². The molecule has 0 saturated heterocycles. The van der Waals surface area contributed by atoms with Gasteiger partial charge in [-0.1, -0.05) is 41.9 Å². The lowest BCUT2D eigenvalue weighted by Crippen LogP contribution is -2.08. The minimum atomic E-state index is 0.503. The van der Waals surface area contributed by atoms with E-state index in [1.807, 2.05) is 56.3 Å². The van der Waals surface area contributed by atoms with E-state index in [1.165, 1.54) is 0 Å². The van der Waals surface area contributed by atoms with Crippen LogP contribution in [0, 0.1) is 13.8 Å². The Labute approximate surface area is 161 Å². The van der Waals surface area contributed by atoms with E-state index in [4.69, 9.17) is 16.6 Å². The van der Waals surface area contributed by atoms with Gasteiger partial charge in [0.2, 0.25) is 0 Å². The van der Waals surface area contributed by atoms with E-state index in [0.29, 0.717) is 22.2 Å². The molecule has 0 amide bonds. The van der Waals surface area contributed by atoms with E-state index in [1.54, 1.807) is 23.0 Å². The number of hydrogen-bond donors (Lipinski definition) is 1. The number of rotatable bonds is 4. The first kappa shape index (κ1) is 17.2. The highest BCUT2D eigenvalue weighted by molar-refractivity contribution is 6.31. The number of hydrazone groups is 1. The number of anilines is 1. The van der Waals surface area contributed by atoms with Crippen LogP contribution in [0.1, 0.15) is 17.0 Å². The summed E-state index contributed by atoms with van der Waals surface area (Å²) in [7, 11) is 0. The third kappa shape index (κ3) is 3.66. The zero-order chi connectivity index (χ0) is 18.8. The minimum absolute atomic E-state index is 0.503. The molecule has 4 rings (SSSR count). The predicted octanol–water partition coefficient (Wildman–Crippen LogP) is 4.53. The summed E-state index contributed by atoms with van der Waals surface area (Å²) in [6.07, 6.45) is 1.73. The normalized spacial score (nSPS) is 11.4. The number of hydrogen-bond acceptors (Lipinski definition) is 5. The molecule has 0 aliphatic heterocycles. The predicted molar refractivity (Wildman–Crippen MR) is 109 cm³/mol. The van der Waals surface area contributed by atoms with Crippen LogP contribution in [0.25, 0.3) is 16.9 Å². The van der Waals surface area contributed by atoms with Crippen molar-refractivity contribution in [2.45, 2.75) is 13.8 Å². The molecule has 2 aromatic heterocycles. The van der Waals surface area contributed by atoms with Crippen molar-refractivity contribution < 1.29 is 0 Å². The molecular formula is C20H17ClN6. The fourth-order valence-corrected chi connectivity index (χ4v) is 2.96. The topological polar surface area (TPSA) is 68.0 Å². The van der Waals surface area contributed by atoms with Gasteiger partial charge in [0, 0.05) is 10.7 Å². The van der Waals surface area contributed by atoms with Gasteiger partial charge in [0.25, 0.3) is 0 Å². The molecule has 7 heteroatoms. The molecule has 1 N–H and O–H groups in total. The fraction of sp³-hybridized carbons (Fsp3) is 0.100. The van der Waals surface area contributed by atoms with E-state index in [2.05, 4.69) is 20.6 Å². The lowest BCUT2D eigenvalue weighted by atomic mass is 10.2. The Bertz CT molecular complexity index is 1130. The van der Waals surface area contributed by atoms with Gasteiger partial charge in [-0.15, -0.1) is 0 Å². The Morgan fingerprint density at radius 3 is 2.56 bits per heavy atom. The molecule has 0 saturated carbocycles. The quantitative estimate of drug-likeness (QED) is 0.419. The van der Waals surface area contributed by atoms with Gasteiger partial charge < -0.3 is 0 Å². The molecule has 2 aromatic carbocycles. The summed E-state index contributed by atoms with van der Waals surface area (Å²) >= 11 is 6.11. The highest BCUT2D eigenvalue weighted by atomic mass is 35.5. The molecule has 4 aromatic rings. The van der Waals surface area contributed by atoms with Gasteiger partial charge in [-0.25, -0.2) is 14.6 Å². The third-order valence-corrected chi connectivity index (χ3v) is 4.24. The monoisotopic (exact) mass is 376 g/mol. The molecule has 0 aliphatic rings. The van der Waals surface area contributed by atoms with Crippen molar-refractivity contribution in [2.75, 3.05) is 5.43 Å². The molecule has 2 heterocycles.